The van der Waals surface area contributed by atoms with E-state index < -0.39 is 18.3 Å². The van der Waals surface area contributed by atoms with Gasteiger partial charge in [0, 0.05) is 14.2 Å². The van der Waals surface area contributed by atoms with E-state index in [9.17, 15) is 14.7 Å². The molecule has 0 aliphatic heterocycles. The van der Waals surface area contributed by atoms with Gasteiger partial charge in [-0.3, -0.25) is 9.59 Å². The fourth-order valence-corrected chi connectivity index (χ4v) is 1.50. The van der Waals surface area contributed by atoms with E-state index in [-0.39, 0.29) is 39.6 Å². The van der Waals surface area contributed by atoms with Crippen LogP contribution in [0.3, 0.4) is 0 Å². The van der Waals surface area contributed by atoms with Gasteiger partial charge < -0.3 is 33.5 Å². The number of carbonyl (C=O) groups is 2. The Morgan fingerprint density at radius 3 is 1.50 bits per heavy atom. The maximum Gasteiger partial charge on any atom is 0.293 e. The van der Waals surface area contributed by atoms with Crippen molar-refractivity contribution in [1.29, 1.82) is 0 Å². The molecule has 22 heavy (non-hydrogen) atoms. The van der Waals surface area contributed by atoms with Gasteiger partial charge in [0.1, 0.15) is 18.3 Å². The predicted molar refractivity (Wildman–Crippen MR) is 73.3 cm³/mol. The molecule has 130 valence electrons. The number of aliphatic hydroxyl groups excluding tert-OH is 1. The lowest BCUT2D eigenvalue weighted by atomic mass is 10.3. The molecule has 9 heteroatoms. The molecule has 2 atom stereocenters. The van der Waals surface area contributed by atoms with Crippen molar-refractivity contribution in [3.8, 4) is 0 Å². The largest absolute Gasteiger partial charge is 0.460 e. The van der Waals surface area contributed by atoms with Crippen LogP contribution in [0, 0.1) is 0 Å². The van der Waals surface area contributed by atoms with Crippen LogP contribution in [0.5, 0.6) is 0 Å². The summed E-state index contributed by atoms with van der Waals surface area (Å²) < 4.78 is 29.6. The van der Waals surface area contributed by atoms with E-state index in [4.69, 9.17) is 28.4 Å². The van der Waals surface area contributed by atoms with Gasteiger partial charge in [0.15, 0.2) is 0 Å². The SMILES string of the molecule is COCC(COCC(O)COCC(COC)OC=O)OC=O. The molecule has 9 nitrogen and oxygen atoms in total. The zero-order valence-electron chi connectivity index (χ0n) is 12.8. The zero-order chi connectivity index (χ0) is 16.6. The molecule has 0 rings (SSSR count). The highest BCUT2D eigenvalue weighted by atomic mass is 16.6. The third-order valence-corrected chi connectivity index (χ3v) is 2.43. The monoisotopic (exact) mass is 324 g/mol. The summed E-state index contributed by atoms with van der Waals surface area (Å²) >= 11 is 0. The van der Waals surface area contributed by atoms with Gasteiger partial charge in [-0.05, 0) is 0 Å². The van der Waals surface area contributed by atoms with Crippen LogP contribution in [0.2, 0.25) is 0 Å². The summed E-state index contributed by atoms with van der Waals surface area (Å²) in [6.07, 6.45) is -1.91. The quantitative estimate of drug-likeness (QED) is 0.348. The molecule has 0 radical (unpaired) electrons. The average Bonchev–Trinajstić information content (AvgIpc) is 2.48. The van der Waals surface area contributed by atoms with Gasteiger partial charge in [0.05, 0.1) is 39.6 Å². The molecule has 0 aromatic heterocycles. The van der Waals surface area contributed by atoms with Gasteiger partial charge in [0.2, 0.25) is 0 Å². The van der Waals surface area contributed by atoms with Crippen LogP contribution in [-0.2, 0) is 38.0 Å². The standard InChI is InChI=1S/C13H24O9/c1-17-5-12(21-9-14)7-19-3-11(16)4-20-8-13(6-18-2)22-10-15/h9-13,16H,3-8H2,1-2H3. The molecule has 0 bridgehead atoms. The van der Waals surface area contributed by atoms with E-state index >= 15 is 0 Å². The predicted octanol–water partition coefficient (Wildman–Crippen LogP) is -1.24. The number of hydrogen-bond acceptors (Lipinski definition) is 9. The number of hydrogen-bond donors (Lipinski definition) is 1. The normalized spacial score (nSPS) is 14.9. The van der Waals surface area contributed by atoms with Crippen LogP contribution in [0.1, 0.15) is 0 Å². The Hall–Kier alpha value is -1.26. The van der Waals surface area contributed by atoms with Crippen LogP contribution >= 0.6 is 0 Å². The van der Waals surface area contributed by atoms with E-state index in [1.165, 1.54) is 14.2 Å². The van der Waals surface area contributed by atoms with Gasteiger partial charge in [-0.25, -0.2) is 0 Å². The molecule has 2 unspecified atom stereocenters. The molecule has 0 heterocycles. The van der Waals surface area contributed by atoms with Crippen LogP contribution in [-0.4, -0.2) is 90.2 Å². The third kappa shape index (κ3) is 11.4. The van der Waals surface area contributed by atoms with E-state index in [0.717, 1.165) is 0 Å². The van der Waals surface area contributed by atoms with Crippen molar-refractivity contribution in [1.82, 2.24) is 0 Å². The van der Waals surface area contributed by atoms with Crippen molar-refractivity contribution in [2.24, 2.45) is 0 Å². The number of ether oxygens (including phenoxy) is 6. The van der Waals surface area contributed by atoms with Crippen LogP contribution < -0.4 is 0 Å². The van der Waals surface area contributed by atoms with Crippen LogP contribution in [0.25, 0.3) is 0 Å². The molecule has 0 amide bonds. The lowest BCUT2D eigenvalue weighted by molar-refractivity contribution is -0.142. The number of methoxy groups -OCH3 is 2. The Labute approximate surface area is 129 Å². The molecule has 0 aromatic rings. The second-order valence-corrected chi connectivity index (χ2v) is 4.35. The van der Waals surface area contributed by atoms with Crippen LogP contribution in [0.4, 0.5) is 0 Å². The fourth-order valence-electron chi connectivity index (χ4n) is 1.50. The van der Waals surface area contributed by atoms with Gasteiger partial charge in [0.25, 0.3) is 12.9 Å². The van der Waals surface area contributed by atoms with Crippen molar-refractivity contribution >= 4 is 12.9 Å². The molecule has 0 aliphatic carbocycles. The molecule has 0 aliphatic rings. The molecular weight excluding hydrogens is 300 g/mol. The summed E-state index contributed by atoms with van der Waals surface area (Å²) in [7, 11) is 2.95. The summed E-state index contributed by atoms with van der Waals surface area (Å²) in [5.74, 6) is 0. The first-order valence-electron chi connectivity index (χ1n) is 6.67. The Bertz CT molecular complexity index is 248. The molecule has 0 saturated heterocycles. The first-order valence-corrected chi connectivity index (χ1v) is 6.67. The Morgan fingerprint density at radius 1 is 0.773 bits per heavy atom. The van der Waals surface area contributed by atoms with Crippen molar-refractivity contribution < 1.29 is 43.1 Å². The fraction of sp³-hybridized carbons (Fsp3) is 0.846. The minimum atomic E-state index is -0.862. The third-order valence-electron chi connectivity index (χ3n) is 2.43. The summed E-state index contributed by atoms with van der Waals surface area (Å²) in [6, 6.07) is 0. The highest BCUT2D eigenvalue weighted by molar-refractivity contribution is 5.37. The van der Waals surface area contributed by atoms with Crippen molar-refractivity contribution in [3.63, 3.8) is 0 Å². The summed E-state index contributed by atoms with van der Waals surface area (Å²) in [6.45, 7) is 1.25. The molecular formula is C13H24O9. The summed E-state index contributed by atoms with van der Waals surface area (Å²) in [5, 5.41) is 9.66. The van der Waals surface area contributed by atoms with Gasteiger partial charge >= 0.3 is 0 Å². The Balaban J connectivity index is 3.77. The second kappa shape index (κ2) is 14.7. The first-order chi connectivity index (χ1) is 10.7. The highest BCUT2D eigenvalue weighted by Crippen LogP contribution is 1.97. The second-order valence-electron chi connectivity index (χ2n) is 4.35. The minimum Gasteiger partial charge on any atom is -0.460 e. The number of rotatable bonds is 16. The summed E-state index contributed by atoms with van der Waals surface area (Å²) in [5.41, 5.74) is 0. The van der Waals surface area contributed by atoms with Gasteiger partial charge in [-0.2, -0.15) is 0 Å². The maximum absolute atomic E-state index is 10.2. The van der Waals surface area contributed by atoms with Crippen LogP contribution in [0.15, 0.2) is 0 Å². The maximum atomic E-state index is 10.2. The molecule has 0 fully saturated rings. The first kappa shape index (κ1) is 20.7. The van der Waals surface area contributed by atoms with Crippen molar-refractivity contribution in [3.05, 3.63) is 0 Å². The average molecular weight is 324 g/mol. The molecule has 0 saturated carbocycles. The topological polar surface area (TPSA) is 110 Å². The number of aliphatic hydroxyl groups is 1. The van der Waals surface area contributed by atoms with E-state index in [2.05, 4.69) is 0 Å². The van der Waals surface area contributed by atoms with E-state index in [1.807, 2.05) is 0 Å². The molecule has 1 N–H and O–H groups in total. The van der Waals surface area contributed by atoms with Gasteiger partial charge in [-0.15, -0.1) is 0 Å². The van der Waals surface area contributed by atoms with Crippen molar-refractivity contribution in [2.75, 3.05) is 53.9 Å². The Kier molecular flexibility index (Phi) is 13.8. The zero-order valence-corrected chi connectivity index (χ0v) is 12.8. The minimum absolute atomic E-state index is 0.00587. The Morgan fingerprint density at radius 2 is 1.18 bits per heavy atom. The van der Waals surface area contributed by atoms with E-state index in [0.29, 0.717) is 12.9 Å². The van der Waals surface area contributed by atoms with Crippen molar-refractivity contribution in [2.45, 2.75) is 18.3 Å². The summed E-state index contributed by atoms with van der Waals surface area (Å²) in [4.78, 5) is 20.5. The lowest BCUT2D eigenvalue weighted by Crippen LogP contribution is -2.31. The van der Waals surface area contributed by atoms with E-state index in [1.54, 1.807) is 0 Å². The number of carbonyl (C=O) groups excluding carboxylic acids is 2. The van der Waals surface area contributed by atoms with Gasteiger partial charge in [-0.1, -0.05) is 0 Å². The lowest BCUT2D eigenvalue weighted by Gasteiger charge is -2.18. The highest BCUT2D eigenvalue weighted by Gasteiger charge is 2.13. The molecule has 0 aromatic carbocycles. The smallest absolute Gasteiger partial charge is 0.293 e. The molecule has 0 spiro atoms.